The number of nitrogens with zero attached hydrogens (tertiary/aromatic N) is 4. The largest absolute Gasteiger partial charge is 0.481 e. The van der Waals surface area contributed by atoms with E-state index in [1.807, 2.05) is 0 Å². The van der Waals surface area contributed by atoms with E-state index in [1.165, 1.54) is 17.3 Å². The summed E-state index contributed by atoms with van der Waals surface area (Å²) in [5.74, 6) is -1.70. The Labute approximate surface area is 235 Å². The highest BCUT2D eigenvalue weighted by Gasteiger charge is 2.45. The van der Waals surface area contributed by atoms with Crippen LogP contribution in [-0.4, -0.2) is 49.7 Å². The number of carboxylic acids is 1. The molecule has 0 spiro atoms. The van der Waals surface area contributed by atoms with Crippen molar-refractivity contribution in [2.75, 3.05) is 13.1 Å². The smallest absolute Gasteiger partial charge is 0.433 e. The van der Waals surface area contributed by atoms with E-state index in [9.17, 15) is 27.9 Å². The number of pyridine rings is 1. The van der Waals surface area contributed by atoms with Gasteiger partial charge in [-0.1, -0.05) is 43.0 Å². The molecule has 1 N–H and O–H groups in total. The van der Waals surface area contributed by atoms with Crippen molar-refractivity contribution in [3.8, 4) is 0 Å². The predicted molar refractivity (Wildman–Crippen MR) is 141 cm³/mol. The maximum Gasteiger partial charge on any atom is 0.433 e. The first-order valence-electron chi connectivity index (χ1n) is 13.2. The monoisotopic (exact) mass is 588 g/mol. The Balaban J connectivity index is 1.65. The number of halogens is 5. The van der Waals surface area contributed by atoms with Crippen LogP contribution in [0.15, 0.2) is 18.6 Å². The van der Waals surface area contributed by atoms with Crippen molar-refractivity contribution in [1.82, 2.24) is 19.7 Å². The molecule has 12 heteroatoms. The molecule has 2 heterocycles. The number of carboxylic acid groups (broad SMARTS) is 1. The van der Waals surface area contributed by atoms with E-state index in [4.69, 9.17) is 23.2 Å². The van der Waals surface area contributed by atoms with Crippen LogP contribution in [0.3, 0.4) is 0 Å². The second kappa shape index (κ2) is 11.3. The molecule has 2 aromatic rings. The fraction of sp³-hybridized carbons (Fsp3) is 0.630. The Hall–Kier alpha value is -2.33. The van der Waals surface area contributed by atoms with Gasteiger partial charge in [-0.05, 0) is 62.8 Å². The van der Waals surface area contributed by atoms with Gasteiger partial charge in [-0.2, -0.15) is 18.3 Å². The van der Waals surface area contributed by atoms with Crippen LogP contribution < -0.4 is 0 Å². The van der Waals surface area contributed by atoms with Crippen molar-refractivity contribution in [2.24, 2.45) is 10.8 Å². The highest BCUT2D eigenvalue weighted by molar-refractivity contribution is 6.35. The third kappa shape index (κ3) is 6.37. The van der Waals surface area contributed by atoms with E-state index in [0.717, 1.165) is 36.6 Å². The van der Waals surface area contributed by atoms with Gasteiger partial charge < -0.3 is 10.0 Å². The zero-order chi connectivity index (χ0) is 28.6. The van der Waals surface area contributed by atoms with E-state index in [1.54, 1.807) is 6.92 Å². The van der Waals surface area contributed by atoms with Gasteiger partial charge in [0.2, 0.25) is 0 Å². The zero-order valence-corrected chi connectivity index (χ0v) is 23.5. The van der Waals surface area contributed by atoms with Gasteiger partial charge in [-0.25, -0.2) is 0 Å². The first-order chi connectivity index (χ1) is 18.2. The first kappa shape index (κ1) is 29.6. The molecular formula is C27H33Cl2F3N4O3. The summed E-state index contributed by atoms with van der Waals surface area (Å²) in [6.45, 7) is 4.09. The number of aliphatic carboxylic acids is 1. The number of hydrogen-bond donors (Lipinski definition) is 1. The summed E-state index contributed by atoms with van der Waals surface area (Å²) < 4.78 is 44.3. The summed E-state index contributed by atoms with van der Waals surface area (Å²) >= 11 is 12.5. The van der Waals surface area contributed by atoms with Crippen molar-refractivity contribution >= 4 is 35.1 Å². The fourth-order valence-corrected chi connectivity index (χ4v) is 6.52. The molecule has 2 aromatic heterocycles. The van der Waals surface area contributed by atoms with Gasteiger partial charge in [0, 0.05) is 25.5 Å². The van der Waals surface area contributed by atoms with Crippen molar-refractivity contribution < 1.29 is 27.9 Å². The number of hydrogen-bond acceptors (Lipinski definition) is 4. The van der Waals surface area contributed by atoms with Gasteiger partial charge >= 0.3 is 12.1 Å². The Kier molecular flexibility index (Phi) is 8.57. The van der Waals surface area contributed by atoms with Gasteiger partial charge in [0.05, 0.1) is 33.3 Å². The van der Waals surface area contributed by atoms with Crippen molar-refractivity contribution in [2.45, 2.75) is 83.9 Å². The highest BCUT2D eigenvalue weighted by Crippen LogP contribution is 2.44. The molecule has 0 bridgehead atoms. The molecule has 39 heavy (non-hydrogen) atoms. The molecule has 4 rings (SSSR count). The lowest BCUT2D eigenvalue weighted by molar-refractivity contribution is -0.152. The molecule has 2 fully saturated rings. The van der Waals surface area contributed by atoms with Crippen LogP contribution in [0, 0.1) is 10.8 Å². The standard InChI is InChI=1S/C27H33Cl2F3N4O3/c1-25(8-3-4-9-25)16-35(12-7-18-20(28)14-33-15-21(18)29)23(37)19-13-34-36(22(19)27(30,31)32)17-5-10-26(2,11-6-17)24(38)39/h13-15,17H,3-12,16H2,1-2H3,(H,38,39)/t17-,26-. The molecular weight excluding hydrogens is 556 g/mol. The molecule has 2 aliphatic rings. The zero-order valence-electron chi connectivity index (χ0n) is 22.0. The number of alkyl halides is 3. The van der Waals surface area contributed by atoms with Crippen LogP contribution in [0.2, 0.25) is 10.0 Å². The summed E-state index contributed by atoms with van der Waals surface area (Å²) in [6, 6.07) is -0.647. The normalized spacial score (nSPS) is 23.1. The average Bonchev–Trinajstić information content (AvgIpc) is 3.50. The lowest BCUT2D eigenvalue weighted by atomic mass is 9.74. The minimum Gasteiger partial charge on any atom is -0.481 e. The van der Waals surface area contributed by atoms with E-state index in [2.05, 4.69) is 17.0 Å². The Morgan fingerprint density at radius 3 is 2.21 bits per heavy atom. The SMILES string of the molecule is CC1(CN(CCc2c(Cl)cncc2Cl)C(=O)c2cnn([C@H]3CC[C@](C)(C(=O)O)CC3)c2C(F)(F)F)CCCC1. The number of rotatable bonds is 8. The van der Waals surface area contributed by atoms with E-state index < -0.39 is 40.8 Å². The van der Waals surface area contributed by atoms with Gasteiger partial charge in [-0.15, -0.1) is 0 Å². The number of carbonyl (C=O) groups is 2. The number of amides is 1. The Bertz CT molecular complexity index is 1200. The van der Waals surface area contributed by atoms with Crippen LogP contribution in [0.5, 0.6) is 0 Å². The lowest BCUT2D eigenvalue weighted by Gasteiger charge is -2.35. The minimum atomic E-state index is -4.82. The molecule has 1 amide bonds. The van der Waals surface area contributed by atoms with Crippen molar-refractivity contribution in [3.63, 3.8) is 0 Å². The van der Waals surface area contributed by atoms with Gasteiger partial charge in [-0.3, -0.25) is 19.3 Å². The second-order valence-corrected chi connectivity index (χ2v) is 12.3. The summed E-state index contributed by atoms with van der Waals surface area (Å²) in [5, 5.41) is 14.2. The van der Waals surface area contributed by atoms with Gasteiger partial charge in [0.15, 0.2) is 5.69 Å². The summed E-state index contributed by atoms with van der Waals surface area (Å²) in [4.78, 5) is 30.9. The number of carbonyl (C=O) groups excluding carboxylic acids is 1. The maximum atomic E-state index is 14.5. The first-order valence-corrected chi connectivity index (χ1v) is 13.9. The van der Waals surface area contributed by atoms with Crippen LogP contribution in [-0.2, 0) is 17.4 Å². The van der Waals surface area contributed by atoms with Crippen LogP contribution in [0.25, 0.3) is 0 Å². The van der Waals surface area contributed by atoms with Gasteiger partial charge in [0.25, 0.3) is 5.91 Å². The third-order valence-corrected chi connectivity index (χ3v) is 9.12. The topological polar surface area (TPSA) is 88.3 Å². The molecule has 214 valence electrons. The Morgan fingerprint density at radius 1 is 1.08 bits per heavy atom. The van der Waals surface area contributed by atoms with E-state index >= 15 is 0 Å². The van der Waals surface area contributed by atoms with Crippen LogP contribution in [0.4, 0.5) is 13.2 Å². The van der Waals surface area contributed by atoms with Crippen LogP contribution >= 0.6 is 23.2 Å². The molecule has 0 atom stereocenters. The molecule has 0 radical (unpaired) electrons. The van der Waals surface area contributed by atoms with Crippen LogP contribution in [0.1, 0.15) is 92.9 Å². The highest BCUT2D eigenvalue weighted by atomic mass is 35.5. The van der Waals surface area contributed by atoms with E-state index in [0.29, 0.717) is 22.2 Å². The summed E-state index contributed by atoms with van der Waals surface area (Å²) in [7, 11) is 0. The summed E-state index contributed by atoms with van der Waals surface area (Å²) in [6.07, 6.45) is 3.99. The molecule has 0 aliphatic heterocycles. The molecule has 2 aliphatic carbocycles. The van der Waals surface area contributed by atoms with Gasteiger partial charge in [0.1, 0.15) is 0 Å². The molecule has 7 nitrogen and oxygen atoms in total. The fourth-order valence-electron chi connectivity index (χ4n) is 5.97. The maximum absolute atomic E-state index is 14.5. The Morgan fingerprint density at radius 2 is 1.67 bits per heavy atom. The van der Waals surface area contributed by atoms with Crippen molar-refractivity contribution in [1.29, 1.82) is 0 Å². The lowest BCUT2D eigenvalue weighted by Crippen LogP contribution is -2.41. The van der Waals surface area contributed by atoms with Crippen molar-refractivity contribution in [3.05, 3.63) is 45.5 Å². The molecule has 0 saturated heterocycles. The molecule has 0 aromatic carbocycles. The predicted octanol–water partition coefficient (Wildman–Crippen LogP) is 7.07. The van der Waals surface area contributed by atoms with E-state index in [-0.39, 0.29) is 44.1 Å². The second-order valence-electron chi connectivity index (χ2n) is 11.5. The third-order valence-electron chi connectivity index (χ3n) is 8.47. The molecule has 2 saturated carbocycles. The quantitative estimate of drug-likeness (QED) is 0.356. The minimum absolute atomic E-state index is 0.126. The number of aromatic nitrogens is 3. The average molecular weight is 589 g/mol. The molecule has 0 unspecified atom stereocenters. The summed E-state index contributed by atoms with van der Waals surface area (Å²) in [5.41, 5.74) is -2.19.